The molecule has 0 saturated heterocycles. The number of nitrogen functional groups attached to an aromatic ring is 1. The van der Waals surface area contributed by atoms with Crippen LogP contribution >= 0.6 is 0 Å². The number of carbonyl (C=O) groups is 1. The molecule has 4 heteroatoms. The van der Waals surface area contributed by atoms with Crippen molar-refractivity contribution in [3.05, 3.63) is 59.7 Å². The summed E-state index contributed by atoms with van der Waals surface area (Å²) in [5.41, 5.74) is 8.76. The molecule has 0 heterocycles. The third-order valence-electron chi connectivity index (χ3n) is 3.70. The predicted molar refractivity (Wildman–Crippen MR) is 82.2 cm³/mol. The molecule has 1 atom stereocenters. The van der Waals surface area contributed by atoms with E-state index >= 15 is 0 Å². The van der Waals surface area contributed by atoms with E-state index in [2.05, 4.69) is 11.4 Å². The Labute approximate surface area is 123 Å². The minimum absolute atomic E-state index is 0.00595. The van der Waals surface area contributed by atoms with Crippen molar-refractivity contribution < 1.29 is 9.53 Å². The van der Waals surface area contributed by atoms with Gasteiger partial charge in [-0.05, 0) is 29.7 Å². The Morgan fingerprint density at radius 2 is 2.10 bits per heavy atom. The van der Waals surface area contributed by atoms with Crippen LogP contribution in [0.4, 0.5) is 5.69 Å². The first-order valence-corrected chi connectivity index (χ1v) is 7.08. The summed E-state index contributed by atoms with van der Waals surface area (Å²) in [5.74, 6) is 0.789. The highest BCUT2D eigenvalue weighted by atomic mass is 16.5. The average Bonchev–Trinajstić information content (AvgIpc) is 2.45. The zero-order valence-electron chi connectivity index (χ0n) is 11.7. The van der Waals surface area contributed by atoms with Gasteiger partial charge in [0.25, 0.3) is 0 Å². The lowest BCUT2D eigenvalue weighted by molar-refractivity contribution is -0.123. The second-order valence-corrected chi connectivity index (χ2v) is 5.17. The van der Waals surface area contributed by atoms with Gasteiger partial charge in [-0.2, -0.15) is 0 Å². The molecule has 2 aromatic carbocycles. The highest BCUT2D eigenvalue weighted by Gasteiger charge is 2.31. The van der Waals surface area contributed by atoms with Gasteiger partial charge in [-0.1, -0.05) is 30.3 Å². The molecule has 1 amide bonds. The van der Waals surface area contributed by atoms with E-state index < -0.39 is 0 Å². The Kier molecular flexibility index (Phi) is 3.77. The molecular weight excluding hydrogens is 264 g/mol. The van der Waals surface area contributed by atoms with E-state index in [1.54, 1.807) is 6.07 Å². The van der Waals surface area contributed by atoms with Crippen LogP contribution in [0.1, 0.15) is 17.0 Å². The lowest BCUT2D eigenvalue weighted by atomic mass is 9.77. The number of nitrogens with one attached hydrogen (secondary N) is 1. The van der Waals surface area contributed by atoms with Gasteiger partial charge in [-0.3, -0.25) is 4.79 Å². The Balaban J connectivity index is 1.43. The van der Waals surface area contributed by atoms with Crippen LogP contribution in [-0.2, 0) is 11.2 Å². The van der Waals surface area contributed by atoms with Gasteiger partial charge >= 0.3 is 0 Å². The SMILES string of the molecule is Nc1cccc(OCCNC(=O)C2Cc3ccccc32)c1. The molecule has 0 spiro atoms. The molecule has 1 unspecified atom stereocenters. The number of nitrogens with two attached hydrogens (primary N) is 1. The Morgan fingerprint density at radius 1 is 1.24 bits per heavy atom. The zero-order valence-corrected chi connectivity index (χ0v) is 11.7. The zero-order chi connectivity index (χ0) is 14.7. The smallest absolute Gasteiger partial charge is 0.228 e. The van der Waals surface area contributed by atoms with E-state index in [9.17, 15) is 4.79 Å². The standard InChI is InChI=1S/C17H18N2O2/c18-13-5-3-6-14(11-13)21-9-8-19-17(20)16-10-12-4-1-2-7-15(12)16/h1-7,11,16H,8-10,18H2,(H,19,20). The van der Waals surface area contributed by atoms with Crippen LogP contribution in [-0.4, -0.2) is 19.1 Å². The van der Waals surface area contributed by atoms with E-state index in [0.29, 0.717) is 18.8 Å². The fourth-order valence-corrected chi connectivity index (χ4v) is 2.56. The van der Waals surface area contributed by atoms with Gasteiger partial charge < -0.3 is 15.8 Å². The highest BCUT2D eigenvalue weighted by Crippen LogP contribution is 2.34. The predicted octanol–water partition coefficient (Wildman–Crippen LogP) is 2.10. The molecule has 108 valence electrons. The van der Waals surface area contributed by atoms with Gasteiger partial charge in [0.15, 0.2) is 0 Å². The lowest BCUT2D eigenvalue weighted by Crippen LogP contribution is -2.37. The minimum atomic E-state index is -0.00595. The van der Waals surface area contributed by atoms with Crippen molar-refractivity contribution in [2.45, 2.75) is 12.3 Å². The van der Waals surface area contributed by atoms with Gasteiger partial charge in [0.2, 0.25) is 5.91 Å². The number of amides is 1. The molecule has 3 rings (SSSR count). The van der Waals surface area contributed by atoms with E-state index in [1.165, 1.54) is 5.56 Å². The van der Waals surface area contributed by atoms with Crippen LogP contribution in [0.15, 0.2) is 48.5 Å². The molecule has 1 aliphatic rings. The third-order valence-corrected chi connectivity index (χ3v) is 3.70. The van der Waals surface area contributed by atoms with Crippen molar-refractivity contribution in [1.29, 1.82) is 0 Å². The van der Waals surface area contributed by atoms with E-state index in [0.717, 1.165) is 17.7 Å². The maximum absolute atomic E-state index is 12.1. The summed E-state index contributed by atoms with van der Waals surface area (Å²) >= 11 is 0. The van der Waals surface area contributed by atoms with Crippen molar-refractivity contribution in [1.82, 2.24) is 5.32 Å². The summed E-state index contributed by atoms with van der Waals surface area (Å²) < 4.78 is 5.54. The first kappa shape index (κ1) is 13.5. The van der Waals surface area contributed by atoms with Gasteiger partial charge in [0.05, 0.1) is 12.5 Å². The summed E-state index contributed by atoms with van der Waals surface area (Å²) in [4.78, 5) is 12.1. The number of hydrogen-bond acceptors (Lipinski definition) is 3. The summed E-state index contributed by atoms with van der Waals surface area (Å²) in [6, 6.07) is 15.3. The van der Waals surface area contributed by atoms with Gasteiger partial charge in [0.1, 0.15) is 12.4 Å². The van der Waals surface area contributed by atoms with Crippen LogP contribution in [0.3, 0.4) is 0 Å². The van der Waals surface area contributed by atoms with Gasteiger partial charge in [0, 0.05) is 11.8 Å². The number of carbonyl (C=O) groups excluding carboxylic acids is 1. The Hall–Kier alpha value is -2.49. The Morgan fingerprint density at radius 3 is 2.90 bits per heavy atom. The molecule has 0 radical (unpaired) electrons. The van der Waals surface area contributed by atoms with Gasteiger partial charge in [-0.15, -0.1) is 0 Å². The number of rotatable bonds is 5. The molecule has 0 saturated carbocycles. The molecule has 0 aromatic heterocycles. The molecule has 4 nitrogen and oxygen atoms in total. The van der Waals surface area contributed by atoms with Crippen LogP contribution in [0.2, 0.25) is 0 Å². The van der Waals surface area contributed by atoms with E-state index in [1.807, 2.05) is 36.4 Å². The average molecular weight is 282 g/mol. The topological polar surface area (TPSA) is 64.3 Å². The lowest BCUT2D eigenvalue weighted by Gasteiger charge is -2.28. The molecule has 2 aromatic rings. The minimum Gasteiger partial charge on any atom is -0.492 e. The fraction of sp³-hybridized carbons (Fsp3) is 0.235. The van der Waals surface area contributed by atoms with E-state index in [-0.39, 0.29) is 11.8 Å². The van der Waals surface area contributed by atoms with Crippen molar-refractivity contribution in [2.24, 2.45) is 0 Å². The summed E-state index contributed by atoms with van der Waals surface area (Å²) in [5, 5.41) is 2.92. The number of hydrogen-bond donors (Lipinski definition) is 2. The van der Waals surface area contributed by atoms with Crippen molar-refractivity contribution >= 4 is 11.6 Å². The highest BCUT2D eigenvalue weighted by molar-refractivity contribution is 5.86. The summed E-state index contributed by atoms with van der Waals surface area (Å²) in [6.07, 6.45) is 0.831. The summed E-state index contributed by atoms with van der Waals surface area (Å²) in [6.45, 7) is 0.926. The molecule has 21 heavy (non-hydrogen) atoms. The van der Waals surface area contributed by atoms with Crippen molar-refractivity contribution in [3.63, 3.8) is 0 Å². The van der Waals surface area contributed by atoms with Crippen LogP contribution in [0.25, 0.3) is 0 Å². The van der Waals surface area contributed by atoms with Crippen LogP contribution < -0.4 is 15.8 Å². The number of anilines is 1. The third kappa shape index (κ3) is 2.99. The van der Waals surface area contributed by atoms with E-state index in [4.69, 9.17) is 10.5 Å². The molecule has 1 aliphatic carbocycles. The monoisotopic (exact) mass is 282 g/mol. The maximum Gasteiger partial charge on any atom is 0.228 e. The molecular formula is C17H18N2O2. The van der Waals surface area contributed by atoms with Crippen LogP contribution in [0.5, 0.6) is 5.75 Å². The largest absolute Gasteiger partial charge is 0.492 e. The normalized spacial score (nSPS) is 15.7. The number of benzene rings is 2. The number of fused-ring (bicyclic) bond motifs is 1. The number of ether oxygens (including phenoxy) is 1. The molecule has 3 N–H and O–H groups in total. The van der Waals surface area contributed by atoms with Gasteiger partial charge in [-0.25, -0.2) is 0 Å². The van der Waals surface area contributed by atoms with Crippen molar-refractivity contribution in [2.75, 3.05) is 18.9 Å². The maximum atomic E-state index is 12.1. The van der Waals surface area contributed by atoms with Crippen LogP contribution in [0, 0.1) is 0 Å². The summed E-state index contributed by atoms with van der Waals surface area (Å²) in [7, 11) is 0. The molecule has 0 fully saturated rings. The molecule has 0 aliphatic heterocycles. The first-order valence-electron chi connectivity index (χ1n) is 7.08. The van der Waals surface area contributed by atoms with Crippen molar-refractivity contribution in [3.8, 4) is 5.75 Å². The Bertz CT molecular complexity index is 655. The second kappa shape index (κ2) is 5.87. The molecule has 0 bridgehead atoms. The fourth-order valence-electron chi connectivity index (χ4n) is 2.56. The first-order chi connectivity index (χ1) is 10.2. The second-order valence-electron chi connectivity index (χ2n) is 5.17. The quantitative estimate of drug-likeness (QED) is 0.652.